The van der Waals surface area contributed by atoms with Crippen LogP contribution in [0.5, 0.6) is 0 Å². The number of nitrogens with zero attached hydrogens (tertiary/aromatic N) is 1. The Kier molecular flexibility index (Phi) is 29.9. The highest BCUT2D eigenvalue weighted by atomic mass is 16.5. The fraction of sp³-hybridized carbons (Fsp3) is 0.941. The molecule has 0 heterocycles. The predicted octanol–water partition coefficient (Wildman–Crippen LogP) is 14.0. The maximum atomic E-state index is 12.8. The Morgan fingerprint density at radius 2 is 1.09 bits per heavy atom. The van der Waals surface area contributed by atoms with Gasteiger partial charge < -0.3 is 19.1 Å². The van der Waals surface area contributed by atoms with Crippen LogP contribution in [0.3, 0.4) is 0 Å². The molecule has 0 aromatic heterocycles. The number of ether oxygens (including phenoxy) is 3. The summed E-state index contributed by atoms with van der Waals surface area (Å²) in [6, 6.07) is 0. The van der Waals surface area contributed by atoms with Crippen LogP contribution in [0.2, 0.25) is 0 Å². The first kappa shape index (κ1) is 52.5. The molecule has 3 atom stereocenters. The van der Waals surface area contributed by atoms with Gasteiger partial charge in [0.25, 0.3) is 0 Å². The Balaban J connectivity index is 1.59. The van der Waals surface area contributed by atoms with Crippen molar-refractivity contribution in [2.45, 2.75) is 247 Å². The van der Waals surface area contributed by atoms with E-state index < -0.39 is 0 Å². The van der Waals surface area contributed by atoms with Crippen molar-refractivity contribution < 1.29 is 28.6 Å². The normalized spacial score (nSPS) is 21.0. The fourth-order valence-electron chi connectivity index (χ4n) is 10.5. The second-order valence-electron chi connectivity index (χ2n) is 19.5. The third-order valence-electron chi connectivity index (χ3n) is 13.6. The molecule has 7 heteroatoms. The number of fused-ring (bicyclic) bond motifs is 2. The van der Waals surface area contributed by atoms with Gasteiger partial charge in [-0.05, 0) is 132 Å². The van der Waals surface area contributed by atoms with Crippen LogP contribution in [0, 0.1) is 29.1 Å². The van der Waals surface area contributed by atoms with Crippen molar-refractivity contribution in [3.63, 3.8) is 0 Å². The molecule has 2 saturated carbocycles. The maximum absolute atomic E-state index is 12.8. The Morgan fingerprint density at radius 3 is 1.67 bits per heavy atom. The summed E-state index contributed by atoms with van der Waals surface area (Å²) >= 11 is 0. The first-order valence-corrected chi connectivity index (χ1v) is 25.3. The van der Waals surface area contributed by atoms with E-state index in [1.165, 1.54) is 89.9 Å². The summed E-state index contributed by atoms with van der Waals surface area (Å²) in [5, 5.41) is 0. The largest absolute Gasteiger partial charge is 0.466 e. The van der Waals surface area contributed by atoms with Crippen molar-refractivity contribution in [1.82, 2.24) is 4.90 Å². The highest BCUT2D eigenvalue weighted by Gasteiger charge is 2.42. The molecule has 0 N–H and O–H groups in total. The average molecular weight is 818 g/mol. The molecule has 58 heavy (non-hydrogen) atoms. The van der Waals surface area contributed by atoms with Gasteiger partial charge in [0.1, 0.15) is 6.10 Å². The molecule has 2 rings (SSSR count). The number of unbranched alkanes of at least 4 members (excludes halogenated alkanes) is 13. The smallest absolute Gasteiger partial charge is 0.306 e. The zero-order valence-electron chi connectivity index (χ0n) is 39.2. The molecule has 2 bridgehead atoms. The van der Waals surface area contributed by atoms with Gasteiger partial charge in [-0.1, -0.05) is 138 Å². The van der Waals surface area contributed by atoms with Gasteiger partial charge in [-0.2, -0.15) is 0 Å². The molecule has 2 fully saturated rings. The average Bonchev–Trinajstić information content (AvgIpc) is 3.17. The lowest BCUT2D eigenvalue weighted by Gasteiger charge is -2.47. The Labute approximate surface area is 359 Å². The van der Waals surface area contributed by atoms with Crippen LogP contribution in [-0.4, -0.2) is 61.8 Å². The number of rotatable bonds is 37. The molecule has 0 aromatic carbocycles. The highest BCUT2D eigenvalue weighted by molar-refractivity contribution is 5.70. The van der Waals surface area contributed by atoms with Gasteiger partial charge in [0.15, 0.2) is 0 Å². The molecular formula is C51H95NO6. The van der Waals surface area contributed by atoms with Crippen LogP contribution in [0.4, 0.5) is 0 Å². The summed E-state index contributed by atoms with van der Waals surface area (Å²) in [5.41, 5.74) is 0.129. The van der Waals surface area contributed by atoms with E-state index in [9.17, 15) is 14.4 Å². The van der Waals surface area contributed by atoms with Crippen molar-refractivity contribution in [3.05, 3.63) is 0 Å². The Bertz CT molecular complexity index is 1020. The third-order valence-corrected chi connectivity index (χ3v) is 13.6. The van der Waals surface area contributed by atoms with Crippen LogP contribution >= 0.6 is 0 Å². The highest BCUT2D eigenvalue weighted by Crippen LogP contribution is 2.51. The number of carbonyl (C=O) groups excluding carboxylic acids is 3. The summed E-state index contributed by atoms with van der Waals surface area (Å²) in [4.78, 5) is 40.3. The van der Waals surface area contributed by atoms with Crippen LogP contribution in [0.25, 0.3) is 0 Å². The second kappa shape index (κ2) is 33.1. The standard InChI is InChI=1S/C51H95NO6/c1-7-11-20-27-44(28-21-12-8-2)33-36-57-48(53)31-24-18-15-17-23-30-47(58-49(54)32-26-34-52(9-3)10-4)29-22-16-13-14-19-25-35-56-50(55)42-51(6)40-45-37-43(5)38-46(39-45)41-51/h43-47H,7-42H2,1-6H3. The molecule has 7 nitrogen and oxygen atoms in total. The van der Waals surface area contributed by atoms with E-state index in [1.54, 1.807) is 0 Å². The SMILES string of the molecule is CCCCCC(CCCCC)CCOC(=O)CCCCCCCC(CCCCCCCCOC(=O)CC1(C)CC2CC(C)CC(C2)C1)OC(=O)CCCN(CC)CC. The van der Waals surface area contributed by atoms with Crippen LogP contribution in [-0.2, 0) is 28.6 Å². The molecule has 0 saturated heterocycles. The zero-order chi connectivity index (χ0) is 42.3. The minimum absolute atomic E-state index is 0.00268. The van der Waals surface area contributed by atoms with Gasteiger partial charge in [-0.3, -0.25) is 14.4 Å². The molecule has 0 aromatic rings. The molecular weight excluding hydrogens is 723 g/mol. The van der Waals surface area contributed by atoms with E-state index in [2.05, 4.69) is 46.4 Å². The molecule has 0 radical (unpaired) electrons. The second-order valence-corrected chi connectivity index (χ2v) is 19.5. The Hall–Kier alpha value is -1.63. The summed E-state index contributed by atoms with van der Waals surface area (Å²) in [7, 11) is 0. The lowest BCUT2D eigenvalue weighted by Crippen LogP contribution is -2.37. The molecule has 3 unspecified atom stereocenters. The molecule has 0 spiro atoms. The van der Waals surface area contributed by atoms with Gasteiger partial charge >= 0.3 is 17.9 Å². The van der Waals surface area contributed by atoms with Crippen molar-refractivity contribution >= 4 is 17.9 Å². The molecule has 2 aliphatic rings. The summed E-state index contributed by atoms with van der Waals surface area (Å²) in [5.74, 6) is 3.08. The monoisotopic (exact) mass is 818 g/mol. The van der Waals surface area contributed by atoms with Crippen molar-refractivity contribution in [2.75, 3.05) is 32.8 Å². The van der Waals surface area contributed by atoms with Crippen LogP contribution in [0.1, 0.15) is 241 Å². The van der Waals surface area contributed by atoms with E-state index in [1.807, 2.05) is 0 Å². The van der Waals surface area contributed by atoms with Gasteiger partial charge in [-0.15, -0.1) is 0 Å². The molecule has 340 valence electrons. The first-order valence-electron chi connectivity index (χ1n) is 25.3. The molecule has 0 aliphatic heterocycles. The topological polar surface area (TPSA) is 82.1 Å². The summed E-state index contributed by atoms with van der Waals surface area (Å²) < 4.78 is 17.4. The predicted molar refractivity (Wildman–Crippen MR) is 242 cm³/mol. The minimum Gasteiger partial charge on any atom is -0.466 e. The van der Waals surface area contributed by atoms with Crippen LogP contribution < -0.4 is 0 Å². The van der Waals surface area contributed by atoms with Crippen molar-refractivity contribution in [2.24, 2.45) is 29.1 Å². The summed E-state index contributed by atoms with van der Waals surface area (Å²) in [6.07, 6.45) is 33.8. The fourth-order valence-corrected chi connectivity index (χ4v) is 10.5. The van der Waals surface area contributed by atoms with Gasteiger partial charge in [0.05, 0.1) is 19.6 Å². The number of carbonyl (C=O) groups is 3. The van der Waals surface area contributed by atoms with E-state index in [0.717, 1.165) is 127 Å². The van der Waals surface area contributed by atoms with E-state index in [-0.39, 0.29) is 29.4 Å². The van der Waals surface area contributed by atoms with Crippen LogP contribution in [0.15, 0.2) is 0 Å². The van der Waals surface area contributed by atoms with Gasteiger partial charge in [0.2, 0.25) is 0 Å². The van der Waals surface area contributed by atoms with Gasteiger partial charge in [0, 0.05) is 12.8 Å². The van der Waals surface area contributed by atoms with Crippen molar-refractivity contribution in [3.8, 4) is 0 Å². The Morgan fingerprint density at radius 1 is 0.569 bits per heavy atom. The van der Waals surface area contributed by atoms with E-state index in [0.29, 0.717) is 38.4 Å². The minimum atomic E-state index is -0.0478. The number of hydrogen-bond donors (Lipinski definition) is 0. The lowest BCUT2D eigenvalue weighted by atomic mass is 9.58. The maximum Gasteiger partial charge on any atom is 0.306 e. The van der Waals surface area contributed by atoms with E-state index in [4.69, 9.17) is 14.2 Å². The lowest BCUT2D eigenvalue weighted by molar-refractivity contribution is -0.150. The quantitative estimate of drug-likeness (QED) is 0.0351. The molecule has 2 aliphatic carbocycles. The molecule has 0 amide bonds. The first-order chi connectivity index (χ1) is 28.1. The number of hydrogen-bond acceptors (Lipinski definition) is 7. The summed E-state index contributed by atoms with van der Waals surface area (Å²) in [6.45, 7) is 17.7. The number of esters is 3. The third kappa shape index (κ3) is 25.9. The van der Waals surface area contributed by atoms with Gasteiger partial charge in [-0.25, -0.2) is 0 Å². The zero-order valence-corrected chi connectivity index (χ0v) is 39.2. The van der Waals surface area contributed by atoms with E-state index >= 15 is 0 Å². The van der Waals surface area contributed by atoms with Crippen molar-refractivity contribution in [1.29, 1.82) is 0 Å².